The average molecular weight is 597 g/mol. The van der Waals surface area contributed by atoms with E-state index in [-0.39, 0.29) is 24.2 Å². The summed E-state index contributed by atoms with van der Waals surface area (Å²) in [6, 6.07) is 30.1. The molecule has 0 unspecified atom stereocenters. The number of ether oxygens (including phenoxy) is 2. The Morgan fingerprint density at radius 1 is 1.00 bits per heavy atom. The first-order valence-corrected chi connectivity index (χ1v) is 14.8. The predicted molar refractivity (Wildman–Crippen MR) is 170 cm³/mol. The van der Waals surface area contributed by atoms with Crippen LogP contribution < -0.4 is 20.1 Å². The Labute approximate surface area is 262 Å². The number of anilines is 1. The van der Waals surface area contributed by atoms with Gasteiger partial charge >= 0.3 is 0 Å². The van der Waals surface area contributed by atoms with Crippen molar-refractivity contribution in [2.45, 2.75) is 38.2 Å². The van der Waals surface area contributed by atoms with Gasteiger partial charge in [-0.05, 0) is 78.9 Å². The zero-order valence-electron chi connectivity index (χ0n) is 25.0. The monoisotopic (exact) mass is 596 g/mol. The summed E-state index contributed by atoms with van der Waals surface area (Å²) in [4.78, 5) is 32.3. The second-order valence-electron chi connectivity index (χ2n) is 11.1. The maximum absolute atomic E-state index is 14.1. The number of methoxy groups -OCH3 is 1. The number of nitriles is 1. The Kier molecular flexibility index (Phi) is 8.43. The molecule has 0 fully saturated rings. The number of amides is 1. The van der Waals surface area contributed by atoms with Gasteiger partial charge < -0.3 is 20.1 Å². The molecule has 1 aliphatic carbocycles. The molecule has 8 heteroatoms. The van der Waals surface area contributed by atoms with Crippen molar-refractivity contribution in [3.63, 3.8) is 0 Å². The number of nitrogens with zero attached hydrogens (tertiary/aromatic N) is 2. The number of carbonyl (C=O) groups excluding carboxylic acids is 2. The molecule has 2 heterocycles. The van der Waals surface area contributed by atoms with Crippen molar-refractivity contribution in [3.8, 4) is 17.6 Å². The maximum atomic E-state index is 14.1. The lowest BCUT2D eigenvalue weighted by atomic mass is 9.71. The summed E-state index contributed by atoms with van der Waals surface area (Å²) in [6.07, 6.45) is 2.62. The second-order valence-corrected chi connectivity index (χ2v) is 11.1. The van der Waals surface area contributed by atoms with Gasteiger partial charge in [-0.25, -0.2) is 4.98 Å². The molecule has 1 aliphatic heterocycles. The normalized spacial score (nSPS) is 17.6. The van der Waals surface area contributed by atoms with Crippen molar-refractivity contribution < 1.29 is 19.1 Å². The summed E-state index contributed by atoms with van der Waals surface area (Å²) in [5, 5.41) is 15.5. The van der Waals surface area contributed by atoms with Crippen LogP contribution in [0.4, 0.5) is 5.82 Å². The summed E-state index contributed by atoms with van der Waals surface area (Å²) in [6.45, 7) is 2.06. The Morgan fingerprint density at radius 2 is 1.78 bits per heavy atom. The largest absolute Gasteiger partial charge is 0.496 e. The van der Waals surface area contributed by atoms with Gasteiger partial charge in [0.15, 0.2) is 5.78 Å². The molecule has 3 aromatic carbocycles. The van der Waals surface area contributed by atoms with Crippen LogP contribution in [0, 0.1) is 11.3 Å². The van der Waals surface area contributed by atoms with Crippen LogP contribution in [-0.4, -0.2) is 23.8 Å². The molecule has 45 heavy (non-hydrogen) atoms. The van der Waals surface area contributed by atoms with Crippen LogP contribution in [-0.2, 0) is 16.2 Å². The number of allylic oxidation sites excluding steroid dienone is 3. The summed E-state index contributed by atoms with van der Waals surface area (Å²) in [5.74, 6) is 0.738. The third-order valence-electron chi connectivity index (χ3n) is 8.27. The standard InChI is InChI=1S/C37H32N4O4/c1-23-34(37(43)41-33-10-6-7-17-39-33)35(36-30(40-23)19-27(20-31(36)42)25-8-4-3-5-9-25)26-13-16-32(44-2)28(18-26)22-45-29-14-11-24(21-38)12-15-29/h3-18,27,35,40H,19-20,22H2,1-2H3,(H,39,41,43)/t27-,35-/m1/s1. The van der Waals surface area contributed by atoms with Crippen LogP contribution in [0.5, 0.6) is 11.5 Å². The summed E-state index contributed by atoms with van der Waals surface area (Å²) in [7, 11) is 1.59. The molecule has 0 saturated carbocycles. The minimum Gasteiger partial charge on any atom is -0.496 e. The number of hydrogen-bond acceptors (Lipinski definition) is 7. The SMILES string of the molecule is COc1ccc([C@@H]2C(C(=O)Nc3ccccn3)=C(C)NC3=C2C(=O)C[C@H](c2ccccc2)C3)cc1COc1ccc(C#N)cc1. The summed E-state index contributed by atoms with van der Waals surface area (Å²) >= 11 is 0. The van der Waals surface area contributed by atoms with Crippen molar-refractivity contribution in [2.75, 3.05) is 12.4 Å². The van der Waals surface area contributed by atoms with Gasteiger partial charge in [0.2, 0.25) is 0 Å². The van der Waals surface area contributed by atoms with Gasteiger partial charge in [-0.15, -0.1) is 0 Å². The van der Waals surface area contributed by atoms with E-state index in [0.717, 1.165) is 22.4 Å². The molecule has 0 bridgehead atoms. The zero-order chi connectivity index (χ0) is 31.3. The Hall–Kier alpha value is -5.68. The number of ketones is 1. The molecule has 4 aromatic rings. The minimum absolute atomic E-state index is 0.00411. The Bertz CT molecular complexity index is 1840. The molecule has 0 radical (unpaired) electrons. The van der Waals surface area contributed by atoms with E-state index in [9.17, 15) is 9.59 Å². The highest BCUT2D eigenvalue weighted by molar-refractivity contribution is 6.09. The number of nitrogens with one attached hydrogen (secondary N) is 2. The van der Waals surface area contributed by atoms with Gasteiger partial charge in [0, 0.05) is 46.6 Å². The Balaban J connectivity index is 1.40. The molecule has 1 amide bonds. The lowest BCUT2D eigenvalue weighted by Crippen LogP contribution is -2.37. The van der Waals surface area contributed by atoms with Gasteiger partial charge in [-0.1, -0.05) is 42.5 Å². The molecular formula is C37H32N4O4. The van der Waals surface area contributed by atoms with Gasteiger partial charge in [0.1, 0.15) is 23.9 Å². The smallest absolute Gasteiger partial charge is 0.255 e. The number of Topliss-reactive ketones (excluding diaryl/α,β-unsaturated/α-hetero) is 1. The topological polar surface area (TPSA) is 113 Å². The third kappa shape index (κ3) is 6.20. The van der Waals surface area contributed by atoms with E-state index in [1.807, 2.05) is 43.3 Å². The summed E-state index contributed by atoms with van der Waals surface area (Å²) in [5.41, 5.74) is 5.76. The van der Waals surface area contributed by atoms with E-state index in [1.54, 1.807) is 55.8 Å². The fourth-order valence-corrected chi connectivity index (χ4v) is 6.13. The molecule has 2 atom stereocenters. The van der Waals surface area contributed by atoms with Crippen LogP contribution in [0.3, 0.4) is 0 Å². The van der Waals surface area contributed by atoms with E-state index >= 15 is 0 Å². The molecule has 0 saturated heterocycles. The van der Waals surface area contributed by atoms with E-state index in [2.05, 4.69) is 33.8 Å². The van der Waals surface area contributed by atoms with Gasteiger partial charge in [-0.2, -0.15) is 5.26 Å². The van der Waals surface area contributed by atoms with Crippen LogP contribution in [0.15, 0.2) is 120 Å². The van der Waals surface area contributed by atoms with Gasteiger partial charge in [0.05, 0.1) is 18.7 Å². The third-order valence-corrected chi connectivity index (χ3v) is 8.27. The second kappa shape index (κ2) is 12.9. The van der Waals surface area contributed by atoms with Gasteiger partial charge in [0.25, 0.3) is 5.91 Å². The van der Waals surface area contributed by atoms with E-state index in [1.165, 1.54) is 0 Å². The number of rotatable bonds is 8. The highest BCUT2D eigenvalue weighted by Gasteiger charge is 2.41. The van der Waals surface area contributed by atoms with E-state index in [4.69, 9.17) is 14.7 Å². The van der Waals surface area contributed by atoms with E-state index < -0.39 is 5.92 Å². The summed E-state index contributed by atoms with van der Waals surface area (Å²) < 4.78 is 11.7. The first-order valence-electron chi connectivity index (χ1n) is 14.8. The van der Waals surface area contributed by atoms with Crippen molar-refractivity contribution in [2.24, 2.45) is 0 Å². The lowest BCUT2D eigenvalue weighted by Gasteiger charge is -2.37. The zero-order valence-corrected chi connectivity index (χ0v) is 25.0. The number of dihydropyridines is 1. The fourth-order valence-electron chi connectivity index (χ4n) is 6.13. The molecular weight excluding hydrogens is 564 g/mol. The number of aromatic nitrogens is 1. The van der Waals surface area contributed by atoms with Crippen LogP contribution in [0.25, 0.3) is 0 Å². The molecule has 224 valence electrons. The lowest BCUT2D eigenvalue weighted by molar-refractivity contribution is -0.116. The molecule has 6 rings (SSSR count). The molecule has 1 aromatic heterocycles. The Morgan fingerprint density at radius 3 is 2.49 bits per heavy atom. The first-order chi connectivity index (χ1) is 21.9. The molecule has 2 N–H and O–H groups in total. The van der Waals surface area contributed by atoms with Crippen molar-refractivity contribution in [3.05, 3.63) is 142 Å². The van der Waals surface area contributed by atoms with Crippen molar-refractivity contribution in [1.29, 1.82) is 5.26 Å². The molecule has 0 spiro atoms. The predicted octanol–water partition coefficient (Wildman–Crippen LogP) is 6.54. The average Bonchev–Trinajstić information content (AvgIpc) is 3.07. The van der Waals surface area contributed by atoms with Crippen LogP contribution in [0.1, 0.15) is 53.9 Å². The fraction of sp³-hybridized carbons (Fsp3) is 0.189. The molecule has 8 nitrogen and oxygen atoms in total. The van der Waals surface area contributed by atoms with Crippen LogP contribution in [0.2, 0.25) is 0 Å². The van der Waals surface area contributed by atoms with Gasteiger partial charge in [-0.3, -0.25) is 9.59 Å². The van der Waals surface area contributed by atoms with Crippen LogP contribution >= 0.6 is 0 Å². The minimum atomic E-state index is -0.617. The number of benzene rings is 3. The van der Waals surface area contributed by atoms with Crippen molar-refractivity contribution >= 4 is 17.5 Å². The van der Waals surface area contributed by atoms with E-state index in [0.29, 0.717) is 52.6 Å². The first kappa shape index (κ1) is 29.4. The molecule has 2 aliphatic rings. The quantitative estimate of drug-likeness (QED) is 0.237. The highest BCUT2D eigenvalue weighted by atomic mass is 16.5. The van der Waals surface area contributed by atoms with Crippen molar-refractivity contribution in [1.82, 2.24) is 10.3 Å². The number of carbonyl (C=O) groups is 2. The number of hydrogen-bond donors (Lipinski definition) is 2. The maximum Gasteiger partial charge on any atom is 0.255 e. The highest BCUT2D eigenvalue weighted by Crippen LogP contribution is 2.46. The number of pyridine rings is 1.